The Balaban J connectivity index is 1.36. The van der Waals surface area contributed by atoms with Gasteiger partial charge in [-0.3, -0.25) is 14.5 Å². The maximum Gasteiger partial charge on any atom is 0.326 e. The maximum absolute atomic E-state index is 12.6. The van der Waals surface area contributed by atoms with E-state index in [1.165, 1.54) is 18.4 Å². The average Bonchev–Trinajstić information content (AvgIpc) is 3.37. The van der Waals surface area contributed by atoms with Crippen molar-refractivity contribution in [1.29, 1.82) is 0 Å². The molecule has 1 unspecified atom stereocenters. The van der Waals surface area contributed by atoms with E-state index in [0.29, 0.717) is 6.54 Å². The molecule has 0 amide bonds. The van der Waals surface area contributed by atoms with E-state index in [9.17, 15) is 4.79 Å². The van der Waals surface area contributed by atoms with Crippen molar-refractivity contribution in [1.82, 2.24) is 19.4 Å². The maximum atomic E-state index is 12.6. The van der Waals surface area contributed by atoms with E-state index in [0.717, 1.165) is 55.9 Å². The SMILES string of the molecule is CCOCC1(CCn2c(=O)[nH]c3ccccc32)CCN(C2(c3ccc(C)nc3)CC2)C1. The predicted molar refractivity (Wildman–Crippen MR) is 122 cm³/mol. The quantitative estimate of drug-likeness (QED) is 0.601. The van der Waals surface area contributed by atoms with Crippen molar-refractivity contribution in [2.24, 2.45) is 5.41 Å². The fourth-order valence-corrected chi connectivity index (χ4v) is 5.34. The van der Waals surface area contributed by atoms with Gasteiger partial charge in [-0.2, -0.15) is 0 Å². The fraction of sp³-hybridized carbons (Fsp3) is 0.520. The van der Waals surface area contributed by atoms with Gasteiger partial charge in [0.1, 0.15) is 0 Å². The Bertz CT molecular complexity index is 1110. The van der Waals surface area contributed by atoms with E-state index in [4.69, 9.17) is 4.74 Å². The standard InChI is InChI=1S/C25H32N4O2/c1-3-31-18-24(13-15-29-22-7-5-4-6-21(22)27-23(29)30)12-14-28(17-24)25(10-11-25)20-9-8-19(2)26-16-20/h4-9,16H,3,10-15,17-18H2,1-2H3,(H,27,30). The molecule has 1 N–H and O–H groups in total. The van der Waals surface area contributed by atoms with Gasteiger partial charge in [0, 0.05) is 42.5 Å². The summed E-state index contributed by atoms with van der Waals surface area (Å²) in [7, 11) is 0. The summed E-state index contributed by atoms with van der Waals surface area (Å²) in [5, 5.41) is 0. The lowest BCUT2D eigenvalue weighted by molar-refractivity contribution is 0.0416. The lowest BCUT2D eigenvalue weighted by Gasteiger charge is -2.33. The first-order valence-electron chi connectivity index (χ1n) is 11.5. The van der Waals surface area contributed by atoms with Crippen molar-refractivity contribution < 1.29 is 4.74 Å². The van der Waals surface area contributed by atoms with E-state index in [2.05, 4.69) is 40.1 Å². The molecule has 5 rings (SSSR count). The topological polar surface area (TPSA) is 63.1 Å². The summed E-state index contributed by atoms with van der Waals surface area (Å²) in [6.07, 6.45) is 6.50. The monoisotopic (exact) mass is 420 g/mol. The lowest BCUT2D eigenvalue weighted by Crippen LogP contribution is -2.38. The largest absolute Gasteiger partial charge is 0.381 e. The third-order valence-corrected chi connectivity index (χ3v) is 7.38. The summed E-state index contributed by atoms with van der Waals surface area (Å²) in [4.78, 5) is 22.8. The van der Waals surface area contributed by atoms with Crippen LogP contribution in [0.5, 0.6) is 0 Å². The molecule has 1 aliphatic heterocycles. The number of nitrogens with zero attached hydrogens (tertiary/aromatic N) is 3. The van der Waals surface area contributed by atoms with Crippen LogP contribution in [0.1, 0.15) is 43.9 Å². The van der Waals surface area contributed by atoms with Crippen molar-refractivity contribution in [3.8, 4) is 0 Å². The van der Waals surface area contributed by atoms with Crippen LogP contribution in [0.2, 0.25) is 0 Å². The number of nitrogens with one attached hydrogen (secondary N) is 1. The number of hydrogen-bond donors (Lipinski definition) is 1. The Labute approximate surface area is 183 Å². The molecule has 2 aromatic heterocycles. The van der Waals surface area contributed by atoms with Gasteiger partial charge in [-0.1, -0.05) is 18.2 Å². The van der Waals surface area contributed by atoms with Crippen LogP contribution < -0.4 is 5.69 Å². The summed E-state index contributed by atoms with van der Waals surface area (Å²) >= 11 is 0. The first-order valence-corrected chi connectivity index (χ1v) is 11.5. The molecule has 6 heteroatoms. The molecule has 0 radical (unpaired) electrons. The van der Waals surface area contributed by atoms with Crippen molar-refractivity contribution in [2.45, 2.75) is 51.6 Å². The average molecular weight is 421 g/mol. The van der Waals surface area contributed by atoms with Crippen LogP contribution in [-0.2, 0) is 16.8 Å². The molecule has 6 nitrogen and oxygen atoms in total. The van der Waals surface area contributed by atoms with Crippen molar-refractivity contribution in [3.05, 3.63) is 64.3 Å². The minimum absolute atomic E-state index is 0.0213. The number of hydrogen-bond acceptors (Lipinski definition) is 4. The Hall–Kier alpha value is -2.44. The molecule has 1 aliphatic carbocycles. The Morgan fingerprint density at radius 3 is 2.74 bits per heavy atom. The summed E-state index contributed by atoms with van der Waals surface area (Å²) in [5.74, 6) is 0. The highest BCUT2D eigenvalue weighted by atomic mass is 16.5. The van der Waals surface area contributed by atoms with Gasteiger partial charge in [0.2, 0.25) is 0 Å². The Morgan fingerprint density at radius 2 is 2.00 bits per heavy atom. The summed E-state index contributed by atoms with van der Waals surface area (Å²) in [6.45, 7) is 8.37. The molecule has 0 bridgehead atoms. The van der Waals surface area contributed by atoms with Gasteiger partial charge in [-0.15, -0.1) is 0 Å². The van der Waals surface area contributed by atoms with E-state index >= 15 is 0 Å². The zero-order valence-electron chi connectivity index (χ0n) is 18.6. The molecule has 1 aromatic carbocycles. The number of para-hydroxylation sites is 2. The minimum Gasteiger partial charge on any atom is -0.381 e. The van der Waals surface area contributed by atoms with Crippen LogP contribution in [0.25, 0.3) is 11.0 Å². The second kappa shape index (κ2) is 7.92. The van der Waals surface area contributed by atoms with Gasteiger partial charge < -0.3 is 9.72 Å². The molecule has 31 heavy (non-hydrogen) atoms. The number of likely N-dealkylation sites (tertiary alicyclic amines) is 1. The number of rotatable bonds is 8. The predicted octanol–water partition coefficient (Wildman–Crippen LogP) is 3.84. The molecule has 3 heterocycles. The van der Waals surface area contributed by atoms with Crippen LogP contribution in [0.3, 0.4) is 0 Å². The number of aromatic amines is 1. The second-order valence-electron chi connectivity index (χ2n) is 9.38. The minimum atomic E-state index is -0.0213. The van der Waals surface area contributed by atoms with E-state index in [1.54, 1.807) is 0 Å². The number of fused-ring (bicyclic) bond motifs is 1. The van der Waals surface area contributed by atoms with Gasteiger partial charge in [0.25, 0.3) is 0 Å². The molecule has 2 fully saturated rings. The lowest BCUT2D eigenvalue weighted by atomic mass is 9.84. The summed E-state index contributed by atoms with van der Waals surface area (Å²) in [6, 6.07) is 12.3. The highest BCUT2D eigenvalue weighted by Crippen LogP contribution is 2.54. The Kier molecular flexibility index (Phi) is 5.22. The zero-order chi connectivity index (χ0) is 21.5. The van der Waals surface area contributed by atoms with Gasteiger partial charge in [-0.25, -0.2) is 4.79 Å². The van der Waals surface area contributed by atoms with Gasteiger partial charge in [0.15, 0.2) is 0 Å². The molecule has 3 aromatic rings. The smallest absolute Gasteiger partial charge is 0.326 e. The van der Waals surface area contributed by atoms with Crippen molar-refractivity contribution in [3.63, 3.8) is 0 Å². The van der Waals surface area contributed by atoms with Crippen LogP contribution in [0.4, 0.5) is 0 Å². The number of pyridine rings is 1. The number of benzene rings is 1. The first-order chi connectivity index (χ1) is 15.1. The van der Waals surface area contributed by atoms with E-state index in [-0.39, 0.29) is 16.6 Å². The first kappa shape index (κ1) is 20.5. The number of H-pyrrole nitrogens is 1. The zero-order valence-corrected chi connectivity index (χ0v) is 18.6. The highest BCUT2D eigenvalue weighted by Gasteiger charge is 2.54. The van der Waals surface area contributed by atoms with Crippen LogP contribution in [-0.4, -0.2) is 45.7 Å². The number of aryl methyl sites for hydroxylation is 2. The third kappa shape index (κ3) is 3.72. The van der Waals surface area contributed by atoms with Gasteiger partial charge in [0.05, 0.1) is 17.6 Å². The van der Waals surface area contributed by atoms with Crippen LogP contribution >= 0.6 is 0 Å². The molecule has 1 atom stereocenters. The number of imidazole rings is 1. The number of aromatic nitrogens is 3. The third-order valence-electron chi connectivity index (χ3n) is 7.38. The molecule has 2 aliphatic rings. The summed E-state index contributed by atoms with van der Waals surface area (Å²) < 4.78 is 7.87. The Morgan fingerprint density at radius 1 is 1.16 bits per heavy atom. The number of ether oxygens (including phenoxy) is 1. The fourth-order valence-electron chi connectivity index (χ4n) is 5.34. The van der Waals surface area contributed by atoms with Crippen molar-refractivity contribution in [2.75, 3.05) is 26.3 Å². The molecule has 0 spiro atoms. The highest BCUT2D eigenvalue weighted by molar-refractivity contribution is 5.74. The molecular formula is C25H32N4O2. The second-order valence-corrected chi connectivity index (χ2v) is 9.38. The van der Waals surface area contributed by atoms with E-state index in [1.807, 2.05) is 35.8 Å². The normalized spacial score (nSPS) is 22.9. The molecular weight excluding hydrogens is 388 g/mol. The van der Waals surface area contributed by atoms with Crippen LogP contribution in [0, 0.1) is 12.3 Å². The summed E-state index contributed by atoms with van der Waals surface area (Å²) in [5.41, 5.74) is 4.50. The van der Waals surface area contributed by atoms with Crippen LogP contribution in [0.15, 0.2) is 47.4 Å². The molecule has 164 valence electrons. The van der Waals surface area contributed by atoms with E-state index < -0.39 is 0 Å². The van der Waals surface area contributed by atoms with Gasteiger partial charge >= 0.3 is 5.69 Å². The molecule has 1 saturated carbocycles. The van der Waals surface area contributed by atoms with Gasteiger partial charge in [-0.05, 0) is 69.8 Å². The molecule has 1 saturated heterocycles. The van der Waals surface area contributed by atoms with Crippen molar-refractivity contribution >= 4 is 11.0 Å².